The van der Waals surface area contributed by atoms with E-state index in [9.17, 15) is 8.42 Å². The number of nitrogens with one attached hydrogen (secondary N) is 2. The average molecular weight is 389 g/mol. The summed E-state index contributed by atoms with van der Waals surface area (Å²) in [7, 11) is -3.75. The molecule has 1 heterocycles. The Bertz CT molecular complexity index is 993. The van der Waals surface area contributed by atoms with Gasteiger partial charge in [0.2, 0.25) is 0 Å². The number of hydrogen-bond acceptors (Lipinski definition) is 5. The highest BCUT2D eigenvalue weighted by Gasteiger charge is 2.16. The fourth-order valence-corrected chi connectivity index (χ4v) is 3.45. The van der Waals surface area contributed by atoms with E-state index in [1.165, 1.54) is 12.1 Å². The zero-order valence-electron chi connectivity index (χ0n) is 14.0. The first-order valence-electron chi connectivity index (χ1n) is 7.84. The van der Waals surface area contributed by atoms with Gasteiger partial charge in [0.05, 0.1) is 4.90 Å². The zero-order valence-corrected chi connectivity index (χ0v) is 15.6. The van der Waals surface area contributed by atoms with Crippen LogP contribution >= 0.6 is 11.6 Å². The van der Waals surface area contributed by atoms with Crippen molar-refractivity contribution < 1.29 is 8.42 Å². The number of nitrogens with zero attached hydrogens (tertiary/aromatic N) is 2. The number of benzene rings is 2. The number of aromatic nitrogens is 2. The summed E-state index contributed by atoms with van der Waals surface area (Å²) in [6.45, 7) is 2.35. The van der Waals surface area contributed by atoms with Crippen molar-refractivity contribution in [1.82, 2.24) is 10.2 Å². The van der Waals surface area contributed by atoms with Crippen LogP contribution in [-0.4, -0.2) is 18.6 Å². The van der Waals surface area contributed by atoms with Crippen molar-refractivity contribution in [3.63, 3.8) is 0 Å². The molecule has 0 aliphatic heterocycles. The highest BCUT2D eigenvalue weighted by Crippen LogP contribution is 2.21. The Kier molecular flexibility index (Phi) is 5.39. The van der Waals surface area contributed by atoms with E-state index in [2.05, 4.69) is 20.2 Å². The minimum absolute atomic E-state index is 0.118. The van der Waals surface area contributed by atoms with E-state index in [0.29, 0.717) is 22.9 Å². The number of rotatable bonds is 6. The summed E-state index contributed by atoms with van der Waals surface area (Å²) < 4.78 is 27.3. The van der Waals surface area contributed by atoms with Crippen molar-refractivity contribution in [1.29, 1.82) is 0 Å². The second-order valence-corrected chi connectivity index (χ2v) is 7.75. The normalized spacial score (nSPS) is 11.2. The van der Waals surface area contributed by atoms with Gasteiger partial charge in [-0.1, -0.05) is 41.9 Å². The third kappa shape index (κ3) is 4.50. The van der Waals surface area contributed by atoms with Gasteiger partial charge < -0.3 is 5.32 Å². The zero-order chi connectivity index (χ0) is 18.6. The molecule has 0 saturated carbocycles. The van der Waals surface area contributed by atoms with Gasteiger partial charge in [-0.15, -0.1) is 10.2 Å². The smallest absolute Gasteiger partial charge is 0.263 e. The van der Waals surface area contributed by atoms with Gasteiger partial charge >= 0.3 is 0 Å². The highest BCUT2D eigenvalue weighted by molar-refractivity contribution is 7.92. The van der Waals surface area contributed by atoms with Crippen LogP contribution in [0.5, 0.6) is 0 Å². The van der Waals surface area contributed by atoms with E-state index in [1.807, 2.05) is 30.3 Å². The lowest BCUT2D eigenvalue weighted by Crippen LogP contribution is -2.14. The Morgan fingerprint density at radius 2 is 1.65 bits per heavy atom. The van der Waals surface area contributed by atoms with Crippen LogP contribution in [0.1, 0.15) is 11.1 Å². The first-order chi connectivity index (χ1) is 12.4. The molecule has 0 aliphatic rings. The van der Waals surface area contributed by atoms with E-state index in [-0.39, 0.29) is 10.7 Å². The molecule has 0 radical (unpaired) electrons. The molecule has 1 aromatic heterocycles. The maximum absolute atomic E-state index is 12.4. The van der Waals surface area contributed by atoms with E-state index in [0.717, 1.165) is 5.56 Å². The van der Waals surface area contributed by atoms with Crippen LogP contribution in [0.2, 0.25) is 5.02 Å². The summed E-state index contributed by atoms with van der Waals surface area (Å²) in [4.78, 5) is 0.118. The fraction of sp³-hybridized carbons (Fsp3) is 0.111. The van der Waals surface area contributed by atoms with Gasteiger partial charge in [-0.2, -0.15) is 0 Å². The predicted molar refractivity (Wildman–Crippen MR) is 103 cm³/mol. The van der Waals surface area contributed by atoms with Crippen LogP contribution < -0.4 is 10.0 Å². The van der Waals surface area contributed by atoms with Crippen molar-refractivity contribution in [2.24, 2.45) is 0 Å². The molecule has 0 unspecified atom stereocenters. The van der Waals surface area contributed by atoms with Crippen molar-refractivity contribution in [2.45, 2.75) is 18.4 Å². The van der Waals surface area contributed by atoms with Crippen LogP contribution in [-0.2, 0) is 16.6 Å². The van der Waals surface area contributed by atoms with Crippen molar-refractivity contribution in [3.05, 3.63) is 76.8 Å². The molecular weight excluding hydrogens is 372 g/mol. The summed E-state index contributed by atoms with van der Waals surface area (Å²) in [6.07, 6.45) is 0. The molecular formula is C18H17ClN4O2S. The van der Waals surface area contributed by atoms with E-state index in [4.69, 9.17) is 11.6 Å². The quantitative estimate of drug-likeness (QED) is 0.670. The lowest BCUT2D eigenvalue weighted by atomic mass is 10.2. The van der Waals surface area contributed by atoms with Crippen LogP contribution in [0, 0.1) is 6.92 Å². The van der Waals surface area contributed by atoms with E-state index < -0.39 is 10.0 Å². The van der Waals surface area contributed by atoms with Crippen molar-refractivity contribution >= 4 is 33.3 Å². The topological polar surface area (TPSA) is 84.0 Å². The molecule has 134 valence electrons. The molecule has 0 aliphatic carbocycles. The molecule has 2 N–H and O–H groups in total. The first kappa shape index (κ1) is 18.2. The van der Waals surface area contributed by atoms with Gasteiger partial charge in [-0.25, -0.2) is 8.42 Å². The number of hydrogen-bond donors (Lipinski definition) is 2. The lowest BCUT2D eigenvalue weighted by molar-refractivity contribution is 0.601. The molecule has 26 heavy (non-hydrogen) atoms. The van der Waals surface area contributed by atoms with E-state index >= 15 is 0 Å². The molecule has 6 nitrogen and oxygen atoms in total. The fourth-order valence-electron chi connectivity index (χ4n) is 2.25. The number of halogens is 1. The maximum atomic E-state index is 12.4. The minimum atomic E-state index is -3.75. The molecule has 0 amide bonds. The number of sulfonamides is 1. The third-order valence-electron chi connectivity index (χ3n) is 3.66. The van der Waals surface area contributed by atoms with Crippen LogP contribution in [0.4, 0.5) is 11.6 Å². The van der Waals surface area contributed by atoms with Gasteiger partial charge in [-0.05, 0) is 48.4 Å². The third-order valence-corrected chi connectivity index (χ3v) is 5.44. The molecule has 2 aromatic carbocycles. The SMILES string of the molecule is Cc1cc(S(=O)(=O)Nc2ccc(NCc3ccccc3)nn2)ccc1Cl. The largest absolute Gasteiger partial charge is 0.365 e. The molecule has 0 saturated heterocycles. The molecule has 3 rings (SSSR count). The van der Waals surface area contributed by atoms with E-state index in [1.54, 1.807) is 25.1 Å². The van der Waals surface area contributed by atoms with Crippen LogP contribution in [0.25, 0.3) is 0 Å². The van der Waals surface area contributed by atoms with Gasteiger partial charge in [0.15, 0.2) is 5.82 Å². The minimum Gasteiger partial charge on any atom is -0.365 e. The molecule has 0 bridgehead atoms. The summed E-state index contributed by atoms with van der Waals surface area (Å²) in [5.74, 6) is 0.696. The monoisotopic (exact) mass is 388 g/mol. The maximum Gasteiger partial charge on any atom is 0.263 e. The Morgan fingerprint density at radius 1 is 0.962 bits per heavy atom. The lowest BCUT2D eigenvalue weighted by Gasteiger charge is -2.09. The number of aryl methyl sites for hydroxylation is 1. The van der Waals surface area contributed by atoms with Gasteiger partial charge in [0, 0.05) is 11.6 Å². The average Bonchev–Trinajstić information content (AvgIpc) is 2.64. The Hall–Kier alpha value is -2.64. The summed E-state index contributed by atoms with van der Waals surface area (Å²) in [5, 5.41) is 11.5. The summed E-state index contributed by atoms with van der Waals surface area (Å²) in [5.41, 5.74) is 1.79. The van der Waals surface area contributed by atoms with Gasteiger partial charge in [-0.3, -0.25) is 4.72 Å². The molecule has 0 atom stereocenters. The highest BCUT2D eigenvalue weighted by atomic mass is 35.5. The van der Waals surface area contributed by atoms with Crippen molar-refractivity contribution in [2.75, 3.05) is 10.0 Å². The molecule has 3 aromatic rings. The predicted octanol–water partition coefficient (Wildman–Crippen LogP) is 3.85. The molecule has 8 heteroatoms. The molecule has 0 fully saturated rings. The van der Waals surface area contributed by atoms with Crippen LogP contribution in [0.3, 0.4) is 0 Å². The Morgan fingerprint density at radius 3 is 2.31 bits per heavy atom. The molecule has 0 spiro atoms. The van der Waals surface area contributed by atoms with Crippen molar-refractivity contribution in [3.8, 4) is 0 Å². The summed E-state index contributed by atoms with van der Waals surface area (Å²) >= 11 is 5.94. The Labute approximate surface area is 157 Å². The summed E-state index contributed by atoms with van der Waals surface area (Å²) in [6, 6.07) is 17.6. The van der Waals surface area contributed by atoms with Gasteiger partial charge in [0.25, 0.3) is 10.0 Å². The van der Waals surface area contributed by atoms with Gasteiger partial charge in [0.1, 0.15) is 5.82 Å². The second-order valence-electron chi connectivity index (χ2n) is 5.66. The number of anilines is 2. The van der Waals surface area contributed by atoms with Crippen LogP contribution in [0.15, 0.2) is 65.6 Å². The standard InChI is InChI=1S/C18H17ClN4O2S/c1-13-11-15(7-8-16(13)19)26(24,25)23-18-10-9-17(21-22-18)20-12-14-5-3-2-4-6-14/h2-11H,12H2,1H3,(H,20,21)(H,22,23). The Balaban J connectivity index is 1.67. The second kappa shape index (κ2) is 7.72. The first-order valence-corrected chi connectivity index (χ1v) is 9.71.